The lowest BCUT2D eigenvalue weighted by atomic mass is 10.1. The Hall–Kier alpha value is -2.90. The first-order valence-corrected chi connectivity index (χ1v) is 6.49. The van der Waals surface area contributed by atoms with E-state index in [2.05, 4.69) is 10.3 Å². The molecule has 23 heavy (non-hydrogen) atoms. The smallest absolute Gasteiger partial charge is 0.434 e. The Morgan fingerprint density at radius 2 is 1.91 bits per heavy atom. The molecule has 0 saturated heterocycles. The highest BCUT2D eigenvalue weighted by Gasteiger charge is 2.38. The summed E-state index contributed by atoms with van der Waals surface area (Å²) in [5.74, 6) is -0.987. The molecule has 0 fully saturated rings. The van der Waals surface area contributed by atoms with Gasteiger partial charge in [0, 0.05) is 7.05 Å². The number of halogens is 3. The van der Waals surface area contributed by atoms with E-state index in [0.717, 1.165) is 6.07 Å². The fourth-order valence-electron chi connectivity index (χ4n) is 2.25. The third-order valence-electron chi connectivity index (χ3n) is 3.31. The second-order valence-electron chi connectivity index (χ2n) is 4.74. The van der Waals surface area contributed by atoms with Gasteiger partial charge >= 0.3 is 6.18 Å². The lowest BCUT2D eigenvalue weighted by Gasteiger charge is -2.11. The summed E-state index contributed by atoms with van der Waals surface area (Å²) in [5.41, 5.74) is -3.02. The molecule has 0 aliphatic rings. The van der Waals surface area contributed by atoms with Crippen molar-refractivity contribution in [3.05, 3.63) is 51.8 Å². The van der Waals surface area contributed by atoms with Crippen molar-refractivity contribution in [3.8, 4) is 0 Å². The van der Waals surface area contributed by atoms with Crippen molar-refractivity contribution in [2.75, 3.05) is 7.05 Å². The number of alkyl halides is 3. The molecule has 0 saturated carbocycles. The molecule has 1 aromatic carbocycles. The number of carbonyl (C=O) groups is 1. The second kappa shape index (κ2) is 5.08. The summed E-state index contributed by atoms with van der Waals surface area (Å²) in [7, 11) is 1.19. The first kappa shape index (κ1) is 15.0. The molecule has 8 heteroatoms. The molecule has 2 aromatic heterocycles. The number of nitrogens with zero attached hydrogens (tertiary/aromatic N) is 1. The monoisotopic (exact) mass is 322 g/mol. The maximum atomic E-state index is 13.1. The van der Waals surface area contributed by atoms with Crippen molar-refractivity contribution in [1.29, 1.82) is 0 Å². The van der Waals surface area contributed by atoms with Gasteiger partial charge in [-0.05, 0) is 18.2 Å². The summed E-state index contributed by atoms with van der Waals surface area (Å²) in [6.45, 7) is 0. The lowest BCUT2D eigenvalue weighted by Crippen LogP contribution is -2.24. The molecule has 0 aliphatic carbocycles. The van der Waals surface area contributed by atoms with E-state index in [-0.39, 0.29) is 16.4 Å². The van der Waals surface area contributed by atoms with Crippen LogP contribution < -0.4 is 10.7 Å². The van der Waals surface area contributed by atoms with Crippen LogP contribution in [0.4, 0.5) is 13.2 Å². The maximum absolute atomic E-state index is 13.1. The van der Waals surface area contributed by atoms with Gasteiger partial charge in [-0.15, -0.1) is 0 Å². The minimum atomic E-state index is -4.86. The van der Waals surface area contributed by atoms with Gasteiger partial charge in [0.15, 0.2) is 5.69 Å². The number of amides is 1. The normalized spacial score (nSPS) is 11.8. The number of pyridine rings is 1. The van der Waals surface area contributed by atoms with Gasteiger partial charge in [-0.3, -0.25) is 9.59 Å². The Morgan fingerprint density at radius 3 is 2.57 bits per heavy atom. The number of hydrogen-bond acceptors (Lipinski definition) is 4. The van der Waals surface area contributed by atoms with Crippen LogP contribution in [0.2, 0.25) is 0 Å². The molecule has 1 amide bonds. The van der Waals surface area contributed by atoms with Crippen LogP contribution in [-0.4, -0.2) is 17.9 Å². The molecule has 118 valence electrons. The molecular weight excluding hydrogens is 313 g/mol. The van der Waals surface area contributed by atoms with E-state index in [1.165, 1.54) is 19.2 Å². The van der Waals surface area contributed by atoms with E-state index in [1.807, 2.05) is 0 Å². The molecule has 0 spiro atoms. The molecule has 0 bridgehead atoms. The number of benzene rings is 1. The van der Waals surface area contributed by atoms with E-state index in [0.29, 0.717) is 0 Å². The molecule has 2 heterocycles. The van der Waals surface area contributed by atoms with Crippen LogP contribution >= 0.6 is 0 Å². The number of para-hydroxylation sites is 1. The molecular formula is C15H9F3N2O3. The quantitative estimate of drug-likeness (QED) is 0.699. The van der Waals surface area contributed by atoms with Crippen LogP contribution in [0.5, 0.6) is 0 Å². The van der Waals surface area contributed by atoms with Crippen molar-refractivity contribution >= 4 is 28.0 Å². The Labute approximate surface area is 126 Å². The number of aromatic nitrogens is 1. The molecule has 0 radical (unpaired) electrons. The van der Waals surface area contributed by atoms with E-state index in [9.17, 15) is 22.8 Å². The van der Waals surface area contributed by atoms with Crippen LogP contribution in [0.1, 0.15) is 16.1 Å². The fourth-order valence-corrected chi connectivity index (χ4v) is 2.25. The molecule has 0 unspecified atom stereocenters. The van der Waals surface area contributed by atoms with Crippen molar-refractivity contribution in [2.45, 2.75) is 6.18 Å². The molecule has 0 atom stereocenters. The predicted octanol–water partition coefficient (Wildman–Crippen LogP) is 2.72. The number of carbonyl (C=O) groups excluding carboxylic acids is 1. The number of rotatable bonds is 1. The van der Waals surface area contributed by atoms with Crippen molar-refractivity contribution in [2.24, 2.45) is 0 Å². The van der Waals surface area contributed by atoms with Gasteiger partial charge < -0.3 is 9.73 Å². The van der Waals surface area contributed by atoms with E-state index >= 15 is 0 Å². The number of fused-ring (bicyclic) bond motifs is 2. The van der Waals surface area contributed by atoms with Crippen LogP contribution in [0.25, 0.3) is 22.1 Å². The van der Waals surface area contributed by atoms with Crippen LogP contribution in [0.3, 0.4) is 0 Å². The Balaban J connectivity index is 2.47. The standard InChI is InChI=1S/C15H9F3N2O3/c1-19-13(22)9-6-8-11(21)7-4-2-3-5-10(7)23-14(8)20-12(9)15(16,17)18/h2-6H,1H3,(H,19,22). The lowest BCUT2D eigenvalue weighted by molar-refractivity contribution is -0.141. The zero-order valence-corrected chi connectivity index (χ0v) is 11.7. The first-order valence-electron chi connectivity index (χ1n) is 6.49. The maximum Gasteiger partial charge on any atom is 0.434 e. The molecule has 3 aromatic rings. The average molecular weight is 322 g/mol. The summed E-state index contributed by atoms with van der Waals surface area (Å²) >= 11 is 0. The minimum Gasteiger partial charge on any atom is -0.437 e. The minimum absolute atomic E-state index is 0.123. The summed E-state index contributed by atoms with van der Waals surface area (Å²) in [4.78, 5) is 27.5. The third-order valence-corrected chi connectivity index (χ3v) is 3.31. The largest absolute Gasteiger partial charge is 0.437 e. The van der Waals surface area contributed by atoms with E-state index < -0.39 is 34.5 Å². The summed E-state index contributed by atoms with van der Waals surface area (Å²) < 4.78 is 44.7. The number of nitrogens with one attached hydrogen (secondary N) is 1. The summed E-state index contributed by atoms with van der Waals surface area (Å²) in [5, 5.41) is 2.12. The van der Waals surface area contributed by atoms with Gasteiger partial charge in [-0.1, -0.05) is 12.1 Å². The zero-order valence-electron chi connectivity index (χ0n) is 11.7. The highest BCUT2D eigenvalue weighted by molar-refractivity contribution is 5.99. The second-order valence-corrected chi connectivity index (χ2v) is 4.74. The Morgan fingerprint density at radius 1 is 1.22 bits per heavy atom. The van der Waals surface area contributed by atoms with Gasteiger partial charge in [0.1, 0.15) is 5.58 Å². The van der Waals surface area contributed by atoms with E-state index in [1.54, 1.807) is 12.1 Å². The molecule has 5 nitrogen and oxygen atoms in total. The SMILES string of the molecule is CNC(=O)c1cc2c(=O)c3ccccc3oc2nc1C(F)(F)F. The van der Waals surface area contributed by atoms with Gasteiger partial charge in [-0.2, -0.15) is 13.2 Å². The van der Waals surface area contributed by atoms with Gasteiger partial charge in [-0.25, -0.2) is 4.98 Å². The highest BCUT2D eigenvalue weighted by Crippen LogP contribution is 2.32. The highest BCUT2D eigenvalue weighted by atomic mass is 19.4. The van der Waals surface area contributed by atoms with Crippen LogP contribution in [-0.2, 0) is 6.18 Å². The fraction of sp³-hybridized carbons (Fsp3) is 0.133. The number of hydrogen-bond donors (Lipinski definition) is 1. The van der Waals surface area contributed by atoms with Crippen LogP contribution in [0.15, 0.2) is 39.5 Å². The first-order chi connectivity index (χ1) is 10.8. The van der Waals surface area contributed by atoms with Gasteiger partial charge in [0.2, 0.25) is 11.1 Å². The predicted molar refractivity (Wildman–Crippen MR) is 76.2 cm³/mol. The summed E-state index contributed by atoms with van der Waals surface area (Å²) in [6.07, 6.45) is -4.86. The molecule has 0 aliphatic heterocycles. The van der Waals surface area contributed by atoms with Crippen molar-refractivity contribution in [3.63, 3.8) is 0 Å². The van der Waals surface area contributed by atoms with Gasteiger partial charge in [0.05, 0.1) is 16.3 Å². The van der Waals surface area contributed by atoms with E-state index in [4.69, 9.17) is 4.42 Å². The summed E-state index contributed by atoms with van der Waals surface area (Å²) in [6, 6.07) is 6.99. The molecule has 1 N–H and O–H groups in total. The van der Waals surface area contributed by atoms with Crippen LogP contribution in [0, 0.1) is 0 Å². The Kier molecular flexibility index (Phi) is 3.32. The average Bonchev–Trinajstić information content (AvgIpc) is 2.52. The third kappa shape index (κ3) is 2.41. The molecule has 3 rings (SSSR count). The Bertz CT molecular complexity index is 993. The van der Waals surface area contributed by atoms with Crippen molar-refractivity contribution < 1.29 is 22.4 Å². The van der Waals surface area contributed by atoms with Crippen molar-refractivity contribution in [1.82, 2.24) is 10.3 Å². The topological polar surface area (TPSA) is 72.2 Å². The zero-order chi connectivity index (χ0) is 16.8. The van der Waals surface area contributed by atoms with Gasteiger partial charge in [0.25, 0.3) is 5.91 Å².